The molecule has 0 bridgehead atoms. The first-order valence-electron chi connectivity index (χ1n) is 10.3. The molecule has 2 aromatic carbocycles. The number of carboxylic acids is 1. The van der Waals surface area contributed by atoms with E-state index in [2.05, 4.69) is 32.7 Å². The lowest BCUT2D eigenvalue weighted by Gasteiger charge is -2.29. The number of aromatic amines is 1. The SMILES string of the molecule is Cn1ccc2cc(-c3cc4nc(OC5=CC(C(=O)O)C(C)(C)C=C5)[nH]c4cc3Cl)ccc21. The molecule has 2 N–H and O–H groups in total. The third-order valence-corrected chi connectivity index (χ3v) is 6.35. The number of benzene rings is 2. The summed E-state index contributed by atoms with van der Waals surface area (Å²) in [4.78, 5) is 19.3. The number of H-pyrrole nitrogens is 1. The van der Waals surface area contributed by atoms with Crippen molar-refractivity contribution in [1.82, 2.24) is 14.5 Å². The van der Waals surface area contributed by atoms with Crippen LogP contribution in [0.4, 0.5) is 0 Å². The molecule has 0 aliphatic heterocycles. The number of imidazole rings is 1. The Labute approximate surface area is 189 Å². The quantitative estimate of drug-likeness (QED) is 0.406. The average Bonchev–Trinajstić information content (AvgIpc) is 3.30. The Bertz CT molecular complexity index is 1440. The van der Waals surface area contributed by atoms with Crippen LogP contribution >= 0.6 is 11.6 Å². The number of hydrogen-bond acceptors (Lipinski definition) is 3. The number of aromatic nitrogens is 3. The molecule has 2 heterocycles. The second-order valence-corrected chi connectivity index (χ2v) is 9.14. The maximum Gasteiger partial charge on any atom is 0.311 e. The molecule has 6 nitrogen and oxygen atoms in total. The Morgan fingerprint density at radius 2 is 2.06 bits per heavy atom. The number of allylic oxidation sites excluding steroid dienone is 2. The van der Waals surface area contributed by atoms with Crippen LogP contribution in [0.3, 0.4) is 0 Å². The summed E-state index contributed by atoms with van der Waals surface area (Å²) in [6.45, 7) is 3.76. The molecular weight excluding hydrogens is 426 g/mol. The van der Waals surface area contributed by atoms with E-state index in [0.717, 1.165) is 27.5 Å². The van der Waals surface area contributed by atoms with E-state index >= 15 is 0 Å². The van der Waals surface area contributed by atoms with Gasteiger partial charge in [-0.05, 0) is 53.5 Å². The van der Waals surface area contributed by atoms with E-state index in [9.17, 15) is 9.90 Å². The first kappa shape index (κ1) is 20.4. The molecule has 0 radical (unpaired) electrons. The summed E-state index contributed by atoms with van der Waals surface area (Å²) in [5.74, 6) is -1.13. The second-order valence-electron chi connectivity index (χ2n) is 8.73. The van der Waals surface area contributed by atoms with Crippen LogP contribution in [0.25, 0.3) is 33.1 Å². The molecule has 0 fully saturated rings. The van der Waals surface area contributed by atoms with Crippen molar-refractivity contribution in [2.75, 3.05) is 0 Å². The maximum absolute atomic E-state index is 11.6. The molecule has 162 valence electrons. The number of carboxylic acid groups (broad SMARTS) is 1. The van der Waals surface area contributed by atoms with Crippen molar-refractivity contribution in [3.8, 4) is 17.1 Å². The monoisotopic (exact) mass is 447 g/mol. The molecule has 0 spiro atoms. The normalized spacial score (nSPS) is 17.6. The number of aliphatic carboxylic acids is 1. The molecule has 1 unspecified atom stereocenters. The first-order valence-corrected chi connectivity index (χ1v) is 10.7. The molecule has 1 aliphatic carbocycles. The predicted molar refractivity (Wildman–Crippen MR) is 126 cm³/mol. The predicted octanol–water partition coefficient (Wildman–Crippen LogP) is 5.93. The van der Waals surface area contributed by atoms with E-state index in [4.69, 9.17) is 16.3 Å². The third-order valence-electron chi connectivity index (χ3n) is 6.04. The Balaban J connectivity index is 1.48. The summed E-state index contributed by atoms with van der Waals surface area (Å²) in [6, 6.07) is 12.3. The Hall–Kier alpha value is -3.51. The maximum atomic E-state index is 11.6. The molecule has 5 rings (SSSR count). The lowest BCUT2D eigenvalue weighted by Crippen LogP contribution is -2.30. The Morgan fingerprint density at radius 3 is 2.84 bits per heavy atom. The van der Waals surface area contributed by atoms with Gasteiger partial charge >= 0.3 is 5.97 Å². The lowest BCUT2D eigenvalue weighted by atomic mass is 9.76. The van der Waals surface area contributed by atoms with Crippen LogP contribution in [0.1, 0.15) is 13.8 Å². The fraction of sp³-hybridized carbons (Fsp3) is 0.200. The van der Waals surface area contributed by atoms with E-state index in [-0.39, 0.29) is 6.01 Å². The summed E-state index contributed by atoms with van der Waals surface area (Å²) in [5, 5.41) is 11.3. The van der Waals surface area contributed by atoms with Gasteiger partial charge in [0.1, 0.15) is 5.76 Å². The van der Waals surface area contributed by atoms with Crippen LogP contribution in [0, 0.1) is 11.3 Å². The minimum absolute atomic E-state index is 0.284. The van der Waals surface area contributed by atoms with Gasteiger partial charge in [-0.2, -0.15) is 4.98 Å². The smallest absolute Gasteiger partial charge is 0.311 e. The Kier molecular flexibility index (Phi) is 4.64. The molecule has 7 heteroatoms. The summed E-state index contributed by atoms with van der Waals surface area (Å²) in [5.41, 5.74) is 4.00. The summed E-state index contributed by atoms with van der Waals surface area (Å²) >= 11 is 6.60. The zero-order valence-corrected chi connectivity index (χ0v) is 18.6. The molecule has 0 saturated carbocycles. The van der Waals surface area contributed by atoms with Gasteiger partial charge in [-0.1, -0.05) is 37.6 Å². The van der Waals surface area contributed by atoms with Gasteiger partial charge in [0.2, 0.25) is 0 Å². The number of ether oxygens (including phenoxy) is 1. The number of halogens is 1. The van der Waals surface area contributed by atoms with E-state index < -0.39 is 17.3 Å². The van der Waals surface area contributed by atoms with Crippen molar-refractivity contribution in [3.05, 3.63) is 71.6 Å². The van der Waals surface area contributed by atoms with Crippen LogP contribution in [-0.4, -0.2) is 25.6 Å². The number of aryl methyl sites for hydroxylation is 1. The van der Waals surface area contributed by atoms with Gasteiger partial charge in [0.25, 0.3) is 6.01 Å². The number of carbonyl (C=O) groups is 1. The van der Waals surface area contributed by atoms with Gasteiger partial charge in [0, 0.05) is 29.7 Å². The highest BCUT2D eigenvalue weighted by Crippen LogP contribution is 2.36. The number of nitrogens with one attached hydrogen (secondary N) is 1. The second kappa shape index (κ2) is 7.28. The van der Waals surface area contributed by atoms with E-state index in [0.29, 0.717) is 16.3 Å². The van der Waals surface area contributed by atoms with Crippen LogP contribution in [0.2, 0.25) is 5.02 Å². The van der Waals surface area contributed by atoms with Crippen molar-refractivity contribution in [2.45, 2.75) is 13.8 Å². The zero-order chi connectivity index (χ0) is 22.6. The highest BCUT2D eigenvalue weighted by Gasteiger charge is 2.34. The molecular formula is C25H22ClN3O3. The molecule has 0 saturated heterocycles. The largest absolute Gasteiger partial charge is 0.481 e. The van der Waals surface area contributed by atoms with Crippen molar-refractivity contribution in [3.63, 3.8) is 0 Å². The van der Waals surface area contributed by atoms with Gasteiger partial charge in [-0.15, -0.1) is 0 Å². The van der Waals surface area contributed by atoms with Crippen LogP contribution < -0.4 is 4.74 Å². The molecule has 1 aliphatic rings. The Morgan fingerprint density at radius 1 is 1.25 bits per heavy atom. The highest BCUT2D eigenvalue weighted by atomic mass is 35.5. The number of hydrogen-bond donors (Lipinski definition) is 2. The van der Waals surface area contributed by atoms with Crippen molar-refractivity contribution >= 4 is 39.5 Å². The molecule has 1 atom stereocenters. The van der Waals surface area contributed by atoms with Crippen molar-refractivity contribution in [1.29, 1.82) is 0 Å². The number of fused-ring (bicyclic) bond motifs is 2. The fourth-order valence-electron chi connectivity index (χ4n) is 4.13. The van der Waals surface area contributed by atoms with Crippen LogP contribution in [0.15, 0.2) is 66.6 Å². The molecule has 0 amide bonds. The van der Waals surface area contributed by atoms with Crippen molar-refractivity contribution < 1.29 is 14.6 Å². The summed E-state index contributed by atoms with van der Waals surface area (Å²) in [7, 11) is 2.02. The van der Waals surface area contributed by atoms with Gasteiger partial charge in [-0.25, -0.2) is 0 Å². The average molecular weight is 448 g/mol. The summed E-state index contributed by atoms with van der Waals surface area (Å²) < 4.78 is 7.93. The van der Waals surface area contributed by atoms with Gasteiger partial charge in [0.15, 0.2) is 0 Å². The van der Waals surface area contributed by atoms with Gasteiger partial charge < -0.3 is 19.4 Å². The molecule has 4 aromatic rings. The molecule has 32 heavy (non-hydrogen) atoms. The van der Waals surface area contributed by atoms with Crippen molar-refractivity contribution in [2.24, 2.45) is 18.4 Å². The zero-order valence-electron chi connectivity index (χ0n) is 17.9. The minimum Gasteiger partial charge on any atom is -0.481 e. The standard InChI is InChI=1S/C25H22ClN3O3/c1-25(2)8-6-16(11-18(25)23(30)31)32-24-27-20-12-17(19(26)13-21(20)28-24)14-4-5-22-15(10-14)7-9-29(22)3/h4-13,18H,1-3H3,(H,27,28)(H,30,31). The van der Waals surface area contributed by atoms with Crippen LogP contribution in [0.5, 0.6) is 6.01 Å². The highest BCUT2D eigenvalue weighted by molar-refractivity contribution is 6.34. The van der Waals surface area contributed by atoms with E-state index in [1.807, 2.05) is 51.4 Å². The summed E-state index contributed by atoms with van der Waals surface area (Å²) in [6.07, 6.45) is 7.27. The first-order chi connectivity index (χ1) is 15.2. The van der Waals surface area contributed by atoms with Gasteiger partial charge in [-0.3, -0.25) is 4.79 Å². The van der Waals surface area contributed by atoms with E-state index in [1.165, 1.54) is 0 Å². The number of rotatable bonds is 4. The molecule has 2 aromatic heterocycles. The van der Waals surface area contributed by atoms with Crippen LogP contribution in [-0.2, 0) is 11.8 Å². The topological polar surface area (TPSA) is 80.1 Å². The number of nitrogens with zero attached hydrogens (tertiary/aromatic N) is 2. The van der Waals surface area contributed by atoms with E-state index in [1.54, 1.807) is 12.2 Å². The van der Waals surface area contributed by atoms with Gasteiger partial charge in [0.05, 0.1) is 22.0 Å². The minimum atomic E-state index is -0.892. The lowest BCUT2D eigenvalue weighted by molar-refractivity contribution is -0.142. The fourth-order valence-corrected chi connectivity index (χ4v) is 4.40. The third kappa shape index (κ3) is 3.46.